The minimum atomic E-state index is -0.528. The molecule has 2 amide bonds. The average Bonchev–Trinajstić information content (AvgIpc) is 2.61. The molecule has 1 aromatic carbocycles. The number of benzene rings is 1. The predicted octanol–water partition coefficient (Wildman–Crippen LogP) is 1.22. The van der Waals surface area contributed by atoms with Crippen LogP contribution in [-0.4, -0.2) is 34.5 Å². The summed E-state index contributed by atoms with van der Waals surface area (Å²) in [5.41, 5.74) is 0.806. The van der Waals surface area contributed by atoms with Gasteiger partial charge in [-0.15, -0.1) is 6.58 Å². The monoisotopic (exact) mass is 231 g/mol. The first-order valence-electron chi connectivity index (χ1n) is 5.39. The van der Waals surface area contributed by atoms with Crippen LogP contribution >= 0.6 is 0 Å². The fourth-order valence-electron chi connectivity index (χ4n) is 1.99. The van der Waals surface area contributed by atoms with Crippen LogP contribution in [0.3, 0.4) is 0 Å². The zero-order valence-corrected chi connectivity index (χ0v) is 9.30. The summed E-state index contributed by atoms with van der Waals surface area (Å²) in [5, 5.41) is 9.24. The van der Waals surface area contributed by atoms with E-state index in [0.29, 0.717) is 17.5 Å². The van der Waals surface area contributed by atoms with E-state index >= 15 is 0 Å². The summed E-state index contributed by atoms with van der Waals surface area (Å²) in [6.45, 7) is 3.31. The molecule has 1 aliphatic rings. The third-order valence-corrected chi connectivity index (χ3v) is 2.84. The van der Waals surface area contributed by atoms with Gasteiger partial charge in [0.05, 0.1) is 23.8 Å². The molecule has 17 heavy (non-hydrogen) atoms. The number of nitrogens with zero attached hydrogens (tertiary/aromatic N) is 1. The first kappa shape index (κ1) is 11.5. The van der Waals surface area contributed by atoms with Gasteiger partial charge in [-0.2, -0.15) is 0 Å². The van der Waals surface area contributed by atoms with Gasteiger partial charge in [-0.1, -0.05) is 18.2 Å². The van der Waals surface area contributed by atoms with Gasteiger partial charge in [0, 0.05) is 0 Å². The van der Waals surface area contributed by atoms with Crippen molar-refractivity contribution in [1.29, 1.82) is 0 Å². The van der Waals surface area contributed by atoms with E-state index in [1.807, 2.05) is 0 Å². The molecule has 0 saturated heterocycles. The van der Waals surface area contributed by atoms with E-state index in [4.69, 9.17) is 0 Å². The first-order valence-corrected chi connectivity index (χ1v) is 5.39. The van der Waals surface area contributed by atoms with Crippen molar-refractivity contribution in [2.24, 2.45) is 0 Å². The fraction of sp³-hybridized carbons (Fsp3) is 0.231. The number of carbonyl (C=O) groups is 2. The Hall–Kier alpha value is -1.94. The van der Waals surface area contributed by atoms with Gasteiger partial charge in [-0.3, -0.25) is 14.5 Å². The number of carbonyl (C=O) groups excluding carboxylic acids is 2. The quantitative estimate of drug-likeness (QED) is 0.626. The number of imide groups is 1. The number of aliphatic hydroxyl groups excluding tert-OH is 1. The van der Waals surface area contributed by atoms with Crippen LogP contribution in [0.5, 0.6) is 0 Å². The Morgan fingerprint density at radius 2 is 1.76 bits per heavy atom. The van der Waals surface area contributed by atoms with Crippen LogP contribution < -0.4 is 0 Å². The van der Waals surface area contributed by atoms with Crippen molar-refractivity contribution in [3.8, 4) is 0 Å². The van der Waals surface area contributed by atoms with Gasteiger partial charge >= 0.3 is 0 Å². The number of hydrogen-bond donors (Lipinski definition) is 1. The van der Waals surface area contributed by atoms with Crippen LogP contribution in [0.2, 0.25) is 0 Å². The molecule has 1 atom stereocenters. The molecule has 0 fully saturated rings. The van der Waals surface area contributed by atoms with Crippen LogP contribution in [-0.2, 0) is 0 Å². The summed E-state index contributed by atoms with van der Waals surface area (Å²) in [7, 11) is 0. The lowest BCUT2D eigenvalue weighted by atomic mass is 10.1. The van der Waals surface area contributed by atoms with Crippen molar-refractivity contribution in [2.45, 2.75) is 12.5 Å². The summed E-state index contributed by atoms with van der Waals surface area (Å²) in [4.78, 5) is 25.2. The molecule has 1 heterocycles. The molecule has 0 radical (unpaired) electrons. The van der Waals surface area contributed by atoms with E-state index in [2.05, 4.69) is 6.58 Å². The molecule has 1 aliphatic heterocycles. The molecule has 0 aromatic heterocycles. The zero-order chi connectivity index (χ0) is 12.4. The van der Waals surface area contributed by atoms with Gasteiger partial charge in [-0.05, 0) is 18.6 Å². The van der Waals surface area contributed by atoms with Crippen LogP contribution in [0.4, 0.5) is 0 Å². The molecule has 1 aromatic rings. The molecular weight excluding hydrogens is 218 g/mol. The van der Waals surface area contributed by atoms with Gasteiger partial charge < -0.3 is 5.11 Å². The molecule has 1 N–H and O–H groups in total. The molecule has 0 aliphatic carbocycles. The summed E-state index contributed by atoms with van der Waals surface area (Å²) >= 11 is 0. The maximum atomic E-state index is 12.0. The van der Waals surface area contributed by atoms with Crippen molar-refractivity contribution in [2.75, 3.05) is 6.61 Å². The molecular formula is C13H13NO3. The molecule has 4 nitrogen and oxygen atoms in total. The van der Waals surface area contributed by atoms with Crippen LogP contribution in [0.1, 0.15) is 27.1 Å². The lowest BCUT2D eigenvalue weighted by molar-refractivity contribution is 0.0519. The molecule has 2 rings (SSSR count). The van der Waals surface area contributed by atoms with Crippen LogP contribution in [0.25, 0.3) is 0 Å². The molecule has 0 saturated carbocycles. The topological polar surface area (TPSA) is 57.6 Å². The number of fused-ring (bicyclic) bond motifs is 1. The summed E-state index contributed by atoms with van der Waals surface area (Å²) in [6.07, 6.45) is 1.98. The Kier molecular flexibility index (Phi) is 3.06. The minimum Gasteiger partial charge on any atom is -0.394 e. The van der Waals surface area contributed by atoms with Crippen molar-refractivity contribution in [3.63, 3.8) is 0 Å². The van der Waals surface area contributed by atoms with E-state index in [1.165, 1.54) is 0 Å². The highest BCUT2D eigenvalue weighted by Crippen LogP contribution is 2.25. The Labute approximate surface area is 99.2 Å². The Bertz CT molecular complexity index is 446. The van der Waals surface area contributed by atoms with Crippen molar-refractivity contribution >= 4 is 11.8 Å². The maximum absolute atomic E-state index is 12.0. The summed E-state index contributed by atoms with van der Waals surface area (Å²) in [6, 6.07) is 6.15. The lowest BCUT2D eigenvalue weighted by Gasteiger charge is -2.22. The van der Waals surface area contributed by atoms with Crippen molar-refractivity contribution in [1.82, 2.24) is 4.90 Å². The normalized spacial score (nSPS) is 15.9. The highest BCUT2D eigenvalue weighted by molar-refractivity contribution is 6.21. The van der Waals surface area contributed by atoms with E-state index in [-0.39, 0.29) is 18.4 Å². The van der Waals surface area contributed by atoms with Crippen molar-refractivity contribution in [3.05, 3.63) is 48.0 Å². The Balaban J connectivity index is 2.38. The number of hydrogen-bond acceptors (Lipinski definition) is 3. The molecule has 88 valence electrons. The van der Waals surface area contributed by atoms with E-state index in [9.17, 15) is 14.7 Å². The molecule has 4 heteroatoms. The Morgan fingerprint density at radius 3 is 2.18 bits per heavy atom. The number of aliphatic hydroxyl groups is 1. The SMILES string of the molecule is C=CCC(CO)N1C(=O)c2ccccc2C1=O. The van der Waals surface area contributed by atoms with E-state index in [0.717, 1.165) is 4.90 Å². The van der Waals surface area contributed by atoms with Gasteiger partial charge in [0.15, 0.2) is 0 Å². The van der Waals surface area contributed by atoms with E-state index < -0.39 is 6.04 Å². The average molecular weight is 231 g/mol. The number of rotatable bonds is 4. The van der Waals surface area contributed by atoms with E-state index in [1.54, 1.807) is 30.3 Å². The third-order valence-electron chi connectivity index (χ3n) is 2.84. The largest absolute Gasteiger partial charge is 0.394 e. The van der Waals surface area contributed by atoms with Crippen LogP contribution in [0, 0.1) is 0 Å². The minimum absolute atomic E-state index is 0.252. The second kappa shape index (κ2) is 4.51. The van der Waals surface area contributed by atoms with Gasteiger partial charge in [0.25, 0.3) is 11.8 Å². The summed E-state index contributed by atoms with van der Waals surface area (Å²) < 4.78 is 0. The fourth-order valence-corrected chi connectivity index (χ4v) is 1.99. The van der Waals surface area contributed by atoms with Gasteiger partial charge in [0.2, 0.25) is 0 Å². The summed E-state index contributed by atoms with van der Waals surface area (Å²) in [5.74, 6) is -0.682. The highest BCUT2D eigenvalue weighted by Gasteiger charge is 2.38. The van der Waals surface area contributed by atoms with Crippen molar-refractivity contribution < 1.29 is 14.7 Å². The third kappa shape index (κ3) is 1.76. The second-order valence-corrected chi connectivity index (χ2v) is 3.89. The number of amides is 2. The van der Waals surface area contributed by atoms with Gasteiger partial charge in [0.1, 0.15) is 0 Å². The molecule has 0 spiro atoms. The molecule has 0 bridgehead atoms. The standard InChI is InChI=1S/C13H13NO3/c1-2-5-9(8-15)14-12(16)10-6-3-4-7-11(10)13(14)17/h2-4,6-7,9,15H,1,5,8H2. The lowest BCUT2D eigenvalue weighted by Crippen LogP contribution is -2.41. The zero-order valence-electron chi connectivity index (χ0n) is 9.30. The van der Waals surface area contributed by atoms with Gasteiger partial charge in [-0.25, -0.2) is 0 Å². The smallest absolute Gasteiger partial charge is 0.261 e. The Morgan fingerprint density at radius 1 is 1.24 bits per heavy atom. The molecule has 1 unspecified atom stereocenters. The predicted molar refractivity (Wildman–Crippen MR) is 62.6 cm³/mol. The first-order chi connectivity index (χ1) is 8.20. The maximum Gasteiger partial charge on any atom is 0.261 e. The second-order valence-electron chi connectivity index (χ2n) is 3.89. The van der Waals surface area contributed by atoms with Crippen LogP contribution in [0.15, 0.2) is 36.9 Å². The highest BCUT2D eigenvalue weighted by atomic mass is 16.3.